The third-order valence-electron chi connectivity index (χ3n) is 5.28. The Morgan fingerprint density at radius 2 is 1.65 bits per heavy atom. The minimum absolute atomic E-state index is 0.104. The van der Waals surface area contributed by atoms with Crippen molar-refractivity contribution in [3.8, 4) is 5.75 Å². The fourth-order valence-corrected chi connectivity index (χ4v) is 3.56. The van der Waals surface area contributed by atoms with Crippen molar-refractivity contribution in [1.82, 2.24) is 16.0 Å². The van der Waals surface area contributed by atoms with Crippen LogP contribution in [0.15, 0.2) is 54.6 Å². The lowest BCUT2D eigenvalue weighted by Crippen LogP contribution is -2.48. The SMILES string of the molecule is C[C@H](Oc1ccccc1C(=O)NCc1ccccc1)C(=O)NC(=O)NC1CCCCC1. The van der Waals surface area contributed by atoms with Crippen LogP contribution >= 0.6 is 0 Å². The first kappa shape index (κ1) is 22.3. The van der Waals surface area contributed by atoms with Crippen molar-refractivity contribution in [2.24, 2.45) is 0 Å². The van der Waals surface area contributed by atoms with Gasteiger partial charge in [0.2, 0.25) is 0 Å². The molecule has 4 amide bonds. The molecule has 0 aromatic heterocycles. The molecule has 0 aliphatic heterocycles. The minimum Gasteiger partial charge on any atom is -0.480 e. The lowest BCUT2D eigenvalue weighted by atomic mass is 9.96. The van der Waals surface area contributed by atoms with Gasteiger partial charge in [0.05, 0.1) is 5.56 Å². The van der Waals surface area contributed by atoms with Crippen LogP contribution in [0.1, 0.15) is 54.9 Å². The summed E-state index contributed by atoms with van der Waals surface area (Å²) in [6, 6.07) is 15.9. The fraction of sp³-hybridized carbons (Fsp3) is 0.375. The van der Waals surface area contributed by atoms with Crippen LogP contribution in [0.25, 0.3) is 0 Å². The zero-order chi connectivity index (χ0) is 22.1. The van der Waals surface area contributed by atoms with Crippen molar-refractivity contribution >= 4 is 17.8 Å². The summed E-state index contributed by atoms with van der Waals surface area (Å²) in [6.45, 7) is 1.92. The number of imide groups is 1. The van der Waals surface area contributed by atoms with Gasteiger partial charge >= 0.3 is 6.03 Å². The van der Waals surface area contributed by atoms with Crippen molar-refractivity contribution in [3.63, 3.8) is 0 Å². The number of nitrogens with one attached hydrogen (secondary N) is 3. The summed E-state index contributed by atoms with van der Waals surface area (Å²) in [4.78, 5) is 37.1. The van der Waals surface area contributed by atoms with Crippen LogP contribution in [0.5, 0.6) is 5.75 Å². The minimum atomic E-state index is -0.944. The molecule has 0 unspecified atom stereocenters. The molecule has 3 rings (SSSR count). The number of urea groups is 1. The molecule has 164 valence electrons. The molecule has 7 nitrogen and oxygen atoms in total. The molecule has 0 radical (unpaired) electrons. The molecule has 2 aromatic carbocycles. The first-order chi connectivity index (χ1) is 15.0. The van der Waals surface area contributed by atoms with Gasteiger partial charge < -0.3 is 15.4 Å². The van der Waals surface area contributed by atoms with E-state index in [0.717, 1.165) is 31.2 Å². The van der Waals surface area contributed by atoms with Gasteiger partial charge in [-0.2, -0.15) is 0 Å². The predicted molar refractivity (Wildman–Crippen MR) is 118 cm³/mol. The van der Waals surface area contributed by atoms with E-state index in [1.807, 2.05) is 30.3 Å². The number of benzene rings is 2. The zero-order valence-corrected chi connectivity index (χ0v) is 17.7. The monoisotopic (exact) mass is 423 g/mol. The molecule has 7 heteroatoms. The van der Waals surface area contributed by atoms with Gasteiger partial charge in [-0.15, -0.1) is 0 Å². The van der Waals surface area contributed by atoms with Crippen molar-refractivity contribution in [2.45, 2.75) is 57.7 Å². The van der Waals surface area contributed by atoms with E-state index in [2.05, 4.69) is 16.0 Å². The standard InChI is InChI=1S/C24H29N3O4/c1-17(22(28)27-24(30)26-19-12-6-3-7-13-19)31-21-15-9-8-14-20(21)23(29)25-16-18-10-4-2-5-11-18/h2,4-5,8-11,14-15,17,19H,3,6-7,12-13,16H2,1H3,(H,25,29)(H2,26,27,28,30)/t17-/m0/s1. The van der Waals surface area contributed by atoms with E-state index in [-0.39, 0.29) is 17.7 Å². The van der Waals surface area contributed by atoms with Gasteiger partial charge in [0.1, 0.15) is 5.75 Å². The lowest BCUT2D eigenvalue weighted by Gasteiger charge is -2.23. The molecule has 1 atom stereocenters. The Bertz CT molecular complexity index is 895. The zero-order valence-electron chi connectivity index (χ0n) is 17.7. The predicted octanol–water partition coefficient (Wildman–Crippen LogP) is 3.54. The third-order valence-corrected chi connectivity index (χ3v) is 5.28. The summed E-state index contributed by atoms with van der Waals surface area (Å²) in [6.07, 6.45) is 4.27. The third kappa shape index (κ3) is 6.84. The molecule has 1 aliphatic carbocycles. The quantitative estimate of drug-likeness (QED) is 0.635. The van der Waals surface area contributed by atoms with Gasteiger partial charge in [-0.25, -0.2) is 4.79 Å². The van der Waals surface area contributed by atoms with Crippen LogP contribution in [0.3, 0.4) is 0 Å². The van der Waals surface area contributed by atoms with Crippen molar-refractivity contribution < 1.29 is 19.1 Å². The highest BCUT2D eigenvalue weighted by molar-refractivity contribution is 5.98. The number of hydrogen-bond acceptors (Lipinski definition) is 4. The number of ether oxygens (including phenoxy) is 1. The Labute approximate surface area is 182 Å². The summed E-state index contributed by atoms with van der Waals surface area (Å²) in [5.74, 6) is -0.585. The van der Waals surface area contributed by atoms with Gasteiger partial charge in [-0.1, -0.05) is 61.7 Å². The molecule has 0 heterocycles. The Morgan fingerprint density at radius 3 is 2.39 bits per heavy atom. The Morgan fingerprint density at radius 1 is 0.968 bits per heavy atom. The summed E-state index contributed by atoms with van der Waals surface area (Å²) >= 11 is 0. The highest BCUT2D eigenvalue weighted by Gasteiger charge is 2.22. The number of amides is 4. The van der Waals surface area contributed by atoms with Crippen LogP contribution in [0, 0.1) is 0 Å². The number of hydrogen-bond donors (Lipinski definition) is 3. The summed E-state index contributed by atoms with van der Waals surface area (Å²) < 4.78 is 5.72. The highest BCUT2D eigenvalue weighted by Crippen LogP contribution is 2.20. The van der Waals surface area contributed by atoms with E-state index in [1.165, 1.54) is 6.42 Å². The molecule has 1 saturated carbocycles. The number of rotatable bonds is 7. The Balaban J connectivity index is 1.54. The molecule has 1 fully saturated rings. The van der Waals surface area contributed by atoms with Crippen molar-refractivity contribution in [2.75, 3.05) is 0 Å². The molecule has 1 aliphatic rings. The summed E-state index contributed by atoms with van der Waals surface area (Å²) in [5, 5.41) is 8.02. The van der Waals surface area contributed by atoms with Gasteiger partial charge in [-0.3, -0.25) is 14.9 Å². The maximum atomic E-state index is 12.6. The molecular weight excluding hydrogens is 394 g/mol. The number of para-hydroxylation sites is 1. The number of carbonyl (C=O) groups excluding carboxylic acids is 3. The molecule has 3 N–H and O–H groups in total. The smallest absolute Gasteiger partial charge is 0.321 e. The van der Waals surface area contributed by atoms with E-state index in [4.69, 9.17) is 4.74 Å². The maximum Gasteiger partial charge on any atom is 0.321 e. The molecular formula is C24H29N3O4. The Hall–Kier alpha value is -3.35. The molecule has 2 aromatic rings. The second-order valence-corrected chi connectivity index (χ2v) is 7.72. The topological polar surface area (TPSA) is 96.5 Å². The molecule has 0 saturated heterocycles. The first-order valence-corrected chi connectivity index (χ1v) is 10.7. The Kier molecular flexibility index (Phi) is 8.04. The average molecular weight is 424 g/mol. The van der Waals surface area contributed by atoms with Crippen LogP contribution in [-0.2, 0) is 11.3 Å². The van der Waals surface area contributed by atoms with E-state index in [9.17, 15) is 14.4 Å². The summed E-state index contributed by atoms with van der Waals surface area (Å²) in [5.41, 5.74) is 1.30. The van der Waals surface area contributed by atoms with Crippen molar-refractivity contribution in [3.05, 3.63) is 65.7 Å². The van der Waals surface area contributed by atoms with Gasteiger partial charge in [-0.05, 0) is 37.5 Å². The van der Waals surface area contributed by atoms with E-state index in [1.54, 1.807) is 31.2 Å². The van der Waals surface area contributed by atoms with Crippen LogP contribution in [0.2, 0.25) is 0 Å². The van der Waals surface area contributed by atoms with E-state index in [0.29, 0.717) is 12.1 Å². The van der Waals surface area contributed by atoms with Crippen molar-refractivity contribution in [1.29, 1.82) is 0 Å². The number of carbonyl (C=O) groups is 3. The largest absolute Gasteiger partial charge is 0.480 e. The molecule has 31 heavy (non-hydrogen) atoms. The van der Waals surface area contributed by atoms with Crippen LogP contribution in [0.4, 0.5) is 4.79 Å². The summed E-state index contributed by atoms with van der Waals surface area (Å²) in [7, 11) is 0. The average Bonchev–Trinajstić information content (AvgIpc) is 2.79. The first-order valence-electron chi connectivity index (χ1n) is 10.7. The fourth-order valence-electron chi connectivity index (χ4n) is 3.56. The molecule has 0 spiro atoms. The highest BCUT2D eigenvalue weighted by atomic mass is 16.5. The second-order valence-electron chi connectivity index (χ2n) is 7.72. The maximum absolute atomic E-state index is 12.6. The molecule has 0 bridgehead atoms. The normalized spacial score (nSPS) is 14.9. The lowest BCUT2D eigenvalue weighted by molar-refractivity contribution is -0.126. The van der Waals surface area contributed by atoms with Gasteiger partial charge in [0.15, 0.2) is 6.10 Å². The second kappa shape index (κ2) is 11.2. The van der Waals surface area contributed by atoms with E-state index >= 15 is 0 Å². The van der Waals surface area contributed by atoms with Gasteiger partial charge in [0, 0.05) is 12.6 Å². The van der Waals surface area contributed by atoms with Crippen LogP contribution < -0.4 is 20.7 Å². The van der Waals surface area contributed by atoms with E-state index < -0.39 is 18.0 Å². The van der Waals surface area contributed by atoms with Gasteiger partial charge in [0.25, 0.3) is 11.8 Å². The van der Waals surface area contributed by atoms with Crippen LogP contribution in [-0.4, -0.2) is 30.0 Å².